The van der Waals surface area contributed by atoms with Crippen molar-refractivity contribution in [3.8, 4) is 0 Å². The quantitative estimate of drug-likeness (QED) is 0.692. The summed E-state index contributed by atoms with van der Waals surface area (Å²) < 4.78 is 12.9. The molecule has 0 bridgehead atoms. The van der Waals surface area contributed by atoms with Crippen molar-refractivity contribution in [3.05, 3.63) is 36.4 Å². The Bertz CT molecular complexity index is 273. The molecule has 0 spiro atoms. The molecule has 0 aliphatic rings. The minimum atomic E-state index is -0.322. The molecule has 58 valence electrons. The van der Waals surface area contributed by atoms with E-state index in [1.165, 1.54) is 6.07 Å². The maximum atomic E-state index is 12.9. The Morgan fingerprint density at radius 2 is 2.45 bits per heavy atom. The molecule has 0 atom stereocenters. The molecule has 0 radical (unpaired) electrons. The molecule has 0 fully saturated rings. The molecule has 0 amide bonds. The third-order valence-electron chi connectivity index (χ3n) is 1.25. The number of rotatable bonds is 2. The van der Waals surface area contributed by atoms with Crippen molar-refractivity contribution in [1.82, 2.24) is 4.98 Å². The molecule has 3 heteroatoms. The van der Waals surface area contributed by atoms with Crippen LogP contribution in [0.4, 0.5) is 4.39 Å². The summed E-state index contributed by atoms with van der Waals surface area (Å²) in [5.41, 5.74) is 0.993. The molecule has 0 saturated heterocycles. The Hall–Kier alpha value is -0.700. The summed E-state index contributed by atoms with van der Waals surface area (Å²) in [4.78, 5) is 3.84. The lowest BCUT2D eigenvalue weighted by Gasteiger charge is -2.00. The standard InChI is InChI=1S/C8H7BrFN/c1-6(5-9)8-7(10)3-2-4-11-8/h2-4H,1,5H2. The second-order valence-electron chi connectivity index (χ2n) is 2.07. The Morgan fingerprint density at radius 1 is 1.73 bits per heavy atom. The lowest BCUT2D eigenvalue weighted by molar-refractivity contribution is 0.616. The zero-order chi connectivity index (χ0) is 8.27. The molecule has 1 aromatic rings. The van der Waals surface area contributed by atoms with Gasteiger partial charge in [-0.15, -0.1) is 0 Å². The van der Waals surface area contributed by atoms with Crippen LogP contribution in [0.25, 0.3) is 5.57 Å². The van der Waals surface area contributed by atoms with E-state index in [1.54, 1.807) is 12.3 Å². The molecule has 0 saturated carbocycles. The first-order chi connectivity index (χ1) is 5.25. The topological polar surface area (TPSA) is 12.9 Å². The van der Waals surface area contributed by atoms with Crippen molar-refractivity contribution in [3.63, 3.8) is 0 Å². The van der Waals surface area contributed by atoms with Crippen molar-refractivity contribution >= 4 is 21.5 Å². The van der Waals surface area contributed by atoms with Gasteiger partial charge < -0.3 is 0 Å². The lowest BCUT2D eigenvalue weighted by atomic mass is 10.2. The van der Waals surface area contributed by atoms with E-state index < -0.39 is 0 Å². The average Bonchev–Trinajstić information content (AvgIpc) is 2.04. The second kappa shape index (κ2) is 3.62. The summed E-state index contributed by atoms with van der Waals surface area (Å²) in [5, 5.41) is 0.543. The molecule has 0 aromatic carbocycles. The maximum Gasteiger partial charge on any atom is 0.149 e. The number of pyridine rings is 1. The van der Waals surface area contributed by atoms with E-state index in [9.17, 15) is 4.39 Å². The first-order valence-corrected chi connectivity index (χ1v) is 4.22. The number of nitrogens with zero attached hydrogens (tertiary/aromatic N) is 1. The summed E-state index contributed by atoms with van der Waals surface area (Å²) in [7, 11) is 0. The molecule has 1 aromatic heterocycles. The number of hydrogen-bond donors (Lipinski definition) is 0. The fourth-order valence-corrected chi connectivity index (χ4v) is 0.975. The summed E-state index contributed by atoms with van der Waals surface area (Å²) in [5.74, 6) is -0.322. The minimum absolute atomic E-state index is 0.322. The van der Waals surface area contributed by atoms with Crippen molar-refractivity contribution < 1.29 is 4.39 Å². The monoisotopic (exact) mass is 215 g/mol. The molecule has 0 aliphatic carbocycles. The first-order valence-electron chi connectivity index (χ1n) is 3.10. The number of allylic oxidation sites excluding steroid dienone is 1. The van der Waals surface area contributed by atoms with Gasteiger partial charge in [-0.05, 0) is 17.7 Å². The van der Waals surface area contributed by atoms with Crippen molar-refractivity contribution in [2.75, 3.05) is 5.33 Å². The van der Waals surface area contributed by atoms with Gasteiger partial charge in [-0.3, -0.25) is 4.98 Å². The largest absolute Gasteiger partial charge is 0.254 e. The van der Waals surface area contributed by atoms with E-state index in [2.05, 4.69) is 27.5 Å². The smallest absolute Gasteiger partial charge is 0.149 e. The zero-order valence-electron chi connectivity index (χ0n) is 5.85. The van der Waals surface area contributed by atoms with Gasteiger partial charge in [-0.25, -0.2) is 4.39 Å². The molecule has 11 heavy (non-hydrogen) atoms. The van der Waals surface area contributed by atoms with Crippen molar-refractivity contribution in [2.24, 2.45) is 0 Å². The van der Waals surface area contributed by atoms with Crippen LogP contribution >= 0.6 is 15.9 Å². The third kappa shape index (κ3) is 1.87. The van der Waals surface area contributed by atoms with Crippen LogP contribution in [0.1, 0.15) is 5.69 Å². The predicted molar refractivity (Wildman–Crippen MR) is 47.0 cm³/mol. The SMILES string of the molecule is C=C(CBr)c1ncccc1F. The third-order valence-corrected chi connectivity index (χ3v) is 1.93. The van der Waals surface area contributed by atoms with Gasteiger partial charge >= 0.3 is 0 Å². The summed E-state index contributed by atoms with van der Waals surface area (Å²) in [6, 6.07) is 2.93. The molecular formula is C8H7BrFN. The Morgan fingerprint density at radius 3 is 3.00 bits per heavy atom. The fraction of sp³-hybridized carbons (Fsp3) is 0.125. The van der Waals surface area contributed by atoms with E-state index in [1.807, 2.05) is 0 Å². The van der Waals surface area contributed by atoms with Crippen LogP contribution in [-0.2, 0) is 0 Å². The normalized spacial score (nSPS) is 9.64. The number of alkyl halides is 1. The highest BCUT2D eigenvalue weighted by Gasteiger charge is 2.03. The van der Waals surface area contributed by atoms with E-state index >= 15 is 0 Å². The van der Waals surface area contributed by atoms with Gasteiger partial charge in [0.1, 0.15) is 11.5 Å². The molecule has 0 unspecified atom stereocenters. The highest BCUT2D eigenvalue weighted by molar-refractivity contribution is 9.09. The van der Waals surface area contributed by atoms with Crippen LogP contribution in [0.15, 0.2) is 24.9 Å². The van der Waals surface area contributed by atoms with Crippen molar-refractivity contribution in [1.29, 1.82) is 0 Å². The Kier molecular flexibility index (Phi) is 2.76. The van der Waals surface area contributed by atoms with Gasteiger partial charge in [-0.2, -0.15) is 0 Å². The maximum absolute atomic E-state index is 12.9. The van der Waals surface area contributed by atoms with E-state index in [-0.39, 0.29) is 5.82 Å². The summed E-state index contributed by atoms with van der Waals surface area (Å²) in [6.07, 6.45) is 1.55. The highest BCUT2D eigenvalue weighted by Crippen LogP contribution is 2.14. The highest BCUT2D eigenvalue weighted by atomic mass is 79.9. The molecule has 0 N–H and O–H groups in total. The second-order valence-corrected chi connectivity index (χ2v) is 2.63. The first kappa shape index (κ1) is 8.40. The van der Waals surface area contributed by atoms with E-state index in [4.69, 9.17) is 0 Å². The molecule has 0 aliphatic heterocycles. The molecular weight excluding hydrogens is 209 g/mol. The van der Waals surface area contributed by atoms with Crippen LogP contribution in [0.3, 0.4) is 0 Å². The van der Waals surface area contributed by atoms with Crippen LogP contribution in [0, 0.1) is 5.82 Å². The van der Waals surface area contributed by atoms with Gasteiger partial charge in [0.2, 0.25) is 0 Å². The van der Waals surface area contributed by atoms with Gasteiger partial charge in [0, 0.05) is 11.5 Å². The van der Waals surface area contributed by atoms with Gasteiger partial charge in [0.05, 0.1) is 0 Å². The van der Waals surface area contributed by atoms with E-state index in [0.29, 0.717) is 16.6 Å². The number of aromatic nitrogens is 1. The molecule has 1 rings (SSSR count). The molecule has 1 nitrogen and oxygen atoms in total. The Labute approximate surface area is 73.1 Å². The van der Waals surface area contributed by atoms with Gasteiger partial charge in [0.25, 0.3) is 0 Å². The zero-order valence-corrected chi connectivity index (χ0v) is 7.44. The van der Waals surface area contributed by atoms with Crippen LogP contribution in [-0.4, -0.2) is 10.3 Å². The lowest BCUT2D eigenvalue weighted by Crippen LogP contribution is -1.92. The minimum Gasteiger partial charge on any atom is -0.254 e. The van der Waals surface area contributed by atoms with Gasteiger partial charge in [0.15, 0.2) is 0 Å². The average molecular weight is 216 g/mol. The van der Waals surface area contributed by atoms with Crippen LogP contribution in [0.5, 0.6) is 0 Å². The van der Waals surface area contributed by atoms with Crippen molar-refractivity contribution in [2.45, 2.75) is 0 Å². The molecule has 1 heterocycles. The number of halogens is 2. The van der Waals surface area contributed by atoms with E-state index in [0.717, 1.165) is 0 Å². The Balaban J connectivity index is 3.03. The number of hydrogen-bond acceptors (Lipinski definition) is 1. The fourth-order valence-electron chi connectivity index (χ4n) is 0.709. The predicted octanol–water partition coefficient (Wildman–Crippen LogP) is 2.63. The van der Waals surface area contributed by atoms with Gasteiger partial charge in [-0.1, -0.05) is 22.5 Å². The van der Waals surface area contributed by atoms with Crippen LogP contribution < -0.4 is 0 Å². The summed E-state index contributed by atoms with van der Waals surface area (Å²) in [6.45, 7) is 3.65. The summed E-state index contributed by atoms with van der Waals surface area (Å²) >= 11 is 3.18. The van der Waals surface area contributed by atoms with Crippen LogP contribution in [0.2, 0.25) is 0 Å².